The van der Waals surface area contributed by atoms with Crippen molar-refractivity contribution in [3.05, 3.63) is 66.1 Å². The van der Waals surface area contributed by atoms with Gasteiger partial charge in [-0.2, -0.15) is 0 Å². The molecule has 0 unspecified atom stereocenters. The first-order valence-electron chi connectivity index (χ1n) is 10.5. The summed E-state index contributed by atoms with van der Waals surface area (Å²) >= 11 is 0. The fraction of sp³-hybridized carbons (Fsp3) is 0.348. The summed E-state index contributed by atoms with van der Waals surface area (Å²) in [5, 5.41) is 0.916. The molecule has 3 aromatic rings. The van der Waals surface area contributed by atoms with Gasteiger partial charge >= 0.3 is 0 Å². The number of hydrazine groups is 1. The van der Waals surface area contributed by atoms with E-state index in [9.17, 15) is 4.79 Å². The summed E-state index contributed by atoms with van der Waals surface area (Å²) in [6.07, 6.45) is 5.20. The number of rotatable bonds is 4. The summed E-state index contributed by atoms with van der Waals surface area (Å²) in [6.45, 7) is 3.00. The minimum absolute atomic E-state index is 0.0774. The number of carbonyl (C=O) groups is 1. The molecule has 2 aromatic heterocycles. The molecule has 5 rings (SSSR count). The van der Waals surface area contributed by atoms with Crippen molar-refractivity contribution in [2.45, 2.75) is 24.9 Å². The highest BCUT2D eigenvalue weighted by molar-refractivity contribution is 6.06. The van der Waals surface area contributed by atoms with E-state index in [-0.39, 0.29) is 17.9 Å². The first-order chi connectivity index (χ1) is 14.8. The van der Waals surface area contributed by atoms with Gasteiger partial charge in [0.15, 0.2) is 0 Å². The van der Waals surface area contributed by atoms with Crippen LogP contribution in [0.3, 0.4) is 0 Å². The Bertz CT molecular complexity index is 1030. The number of ether oxygens (including phenoxy) is 1. The number of nitrogens with one attached hydrogen (secondary N) is 2. The highest BCUT2D eigenvalue weighted by Gasteiger charge is 2.27. The molecule has 2 N–H and O–H groups in total. The van der Waals surface area contributed by atoms with Crippen LogP contribution < -0.4 is 15.6 Å². The highest BCUT2D eigenvalue weighted by Crippen LogP contribution is 2.26. The van der Waals surface area contributed by atoms with Crippen LogP contribution in [0, 0.1) is 0 Å². The number of benzene rings is 1. The second kappa shape index (κ2) is 8.38. The first-order valence-corrected chi connectivity index (χ1v) is 10.5. The fourth-order valence-corrected chi connectivity index (χ4v) is 4.21. The number of piperidine rings is 1. The van der Waals surface area contributed by atoms with Crippen LogP contribution >= 0.6 is 0 Å². The predicted octanol–water partition coefficient (Wildman–Crippen LogP) is 2.50. The van der Waals surface area contributed by atoms with Gasteiger partial charge in [-0.25, -0.2) is 0 Å². The maximum Gasteiger partial charge on any atom is 0.254 e. The van der Waals surface area contributed by atoms with Gasteiger partial charge in [-0.05, 0) is 24.3 Å². The van der Waals surface area contributed by atoms with E-state index in [4.69, 9.17) is 9.72 Å². The zero-order chi connectivity index (χ0) is 20.3. The lowest BCUT2D eigenvalue weighted by atomic mass is 9.99. The number of carbonyl (C=O) groups excluding carboxylic acids is 1. The van der Waals surface area contributed by atoms with Gasteiger partial charge in [-0.3, -0.25) is 25.6 Å². The van der Waals surface area contributed by atoms with Crippen LogP contribution in [0.5, 0.6) is 5.75 Å². The van der Waals surface area contributed by atoms with Gasteiger partial charge < -0.3 is 9.64 Å². The van der Waals surface area contributed by atoms with E-state index < -0.39 is 0 Å². The Labute approximate surface area is 175 Å². The van der Waals surface area contributed by atoms with E-state index in [0.29, 0.717) is 13.1 Å². The van der Waals surface area contributed by atoms with E-state index >= 15 is 0 Å². The summed E-state index contributed by atoms with van der Waals surface area (Å²) in [4.78, 5) is 24.3. The average Bonchev–Trinajstić information content (AvgIpc) is 3.34. The van der Waals surface area contributed by atoms with Gasteiger partial charge in [0.1, 0.15) is 11.9 Å². The number of nitrogens with zero attached hydrogens (tertiary/aromatic N) is 3. The van der Waals surface area contributed by atoms with Crippen molar-refractivity contribution in [1.82, 2.24) is 25.7 Å². The second-order valence-corrected chi connectivity index (χ2v) is 7.87. The predicted molar refractivity (Wildman–Crippen MR) is 114 cm³/mol. The van der Waals surface area contributed by atoms with Crippen LogP contribution in [0.1, 0.15) is 34.8 Å². The Hall–Kier alpha value is -3.03. The van der Waals surface area contributed by atoms with Crippen molar-refractivity contribution in [1.29, 1.82) is 0 Å². The molecule has 0 saturated carbocycles. The molecule has 0 bridgehead atoms. The lowest BCUT2D eigenvalue weighted by molar-refractivity contribution is 0.0596. The Morgan fingerprint density at radius 2 is 1.87 bits per heavy atom. The zero-order valence-corrected chi connectivity index (χ0v) is 16.8. The van der Waals surface area contributed by atoms with Gasteiger partial charge in [0, 0.05) is 62.2 Å². The van der Waals surface area contributed by atoms with Crippen LogP contribution in [-0.4, -0.2) is 53.1 Å². The first kappa shape index (κ1) is 19.0. The van der Waals surface area contributed by atoms with Gasteiger partial charge in [0.25, 0.3) is 5.91 Å². The van der Waals surface area contributed by atoms with Crippen LogP contribution in [0.25, 0.3) is 10.9 Å². The van der Waals surface area contributed by atoms with Crippen molar-refractivity contribution in [3.63, 3.8) is 0 Å². The summed E-state index contributed by atoms with van der Waals surface area (Å²) in [6, 6.07) is 13.7. The topological polar surface area (TPSA) is 79.4 Å². The van der Waals surface area contributed by atoms with E-state index in [1.54, 1.807) is 12.4 Å². The third kappa shape index (κ3) is 3.86. The number of likely N-dealkylation sites (tertiary alicyclic amines) is 1. The van der Waals surface area contributed by atoms with Gasteiger partial charge in [0.05, 0.1) is 17.3 Å². The fourth-order valence-electron chi connectivity index (χ4n) is 4.21. The monoisotopic (exact) mass is 403 g/mol. The Kier molecular flexibility index (Phi) is 5.29. The quantitative estimate of drug-likeness (QED) is 0.697. The summed E-state index contributed by atoms with van der Waals surface area (Å²) in [5.41, 5.74) is 8.89. The number of aromatic nitrogens is 2. The van der Waals surface area contributed by atoms with Crippen molar-refractivity contribution in [2.75, 3.05) is 26.2 Å². The smallest absolute Gasteiger partial charge is 0.254 e. The molecule has 2 fully saturated rings. The maximum atomic E-state index is 13.5. The SMILES string of the molecule is O=C(c1cc(C2CNNC2)nc2ccccc12)N1CCC(Oc2cccnc2)CC1. The number of fused-ring (bicyclic) bond motifs is 1. The van der Waals surface area contributed by atoms with Crippen molar-refractivity contribution < 1.29 is 9.53 Å². The lowest BCUT2D eigenvalue weighted by Gasteiger charge is -2.32. The van der Waals surface area contributed by atoms with E-state index in [0.717, 1.165) is 53.8 Å². The van der Waals surface area contributed by atoms with Crippen molar-refractivity contribution in [2.24, 2.45) is 0 Å². The zero-order valence-electron chi connectivity index (χ0n) is 16.8. The van der Waals surface area contributed by atoms with E-state index in [2.05, 4.69) is 15.8 Å². The normalized spacial score (nSPS) is 18.1. The lowest BCUT2D eigenvalue weighted by Crippen LogP contribution is -2.42. The number of pyridine rings is 2. The molecule has 2 aliphatic heterocycles. The summed E-state index contributed by atoms with van der Waals surface area (Å²) in [5.74, 6) is 1.12. The van der Waals surface area contributed by atoms with Crippen molar-refractivity contribution >= 4 is 16.8 Å². The molecular weight excluding hydrogens is 378 g/mol. The van der Waals surface area contributed by atoms with Crippen LogP contribution in [0.4, 0.5) is 0 Å². The number of amides is 1. The van der Waals surface area contributed by atoms with E-state index in [1.807, 2.05) is 47.4 Å². The molecule has 1 aromatic carbocycles. The minimum Gasteiger partial charge on any atom is -0.489 e. The number of para-hydroxylation sites is 1. The molecule has 0 spiro atoms. The second-order valence-electron chi connectivity index (χ2n) is 7.87. The third-order valence-electron chi connectivity index (χ3n) is 5.87. The minimum atomic E-state index is 0.0774. The van der Waals surface area contributed by atoms with Gasteiger partial charge in [-0.1, -0.05) is 18.2 Å². The molecule has 1 amide bonds. The summed E-state index contributed by atoms with van der Waals surface area (Å²) < 4.78 is 6.02. The molecule has 2 aliphatic rings. The molecule has 4 heterocycles. The largest absolute Gasteiger partial charge is 0.489 e. The molecule has 0 atom stereocenters. The summed E-state index contributed by atoms with van der Waals surface area (Å²) in [7, 11) is 0. The molecule has 0 aliphatic carbocycles. The number of hydrogen-bond donors (Lipinski definition) is 2. The maximum absolute atomic E-state index is 13.5. The highest BCUT2D eigenvalue weighted by atomic mass is 16.5. The standard InChI is InChI=1S/C23H25N5O2/c29-23(28-10-7-17(8-11-28)30-18-4-3-9-24-15-18)20-12-22(16-13-25-26-14-16)27-21-6-2-1-5-19(20)21/h1-6,9,12,15-17,25-26H,7-8,10-11,13-14H2. The molecule has 154 valence electrons. The number of hydrogen-bond acceptors (Lipinski definition) is 6. The molecule has 7 heteroatoms. The molecule has 2 saturated heterocycles. The van der Waals surface area contributed by atoms with Crippen LogP contribution in [0.15, 0.2) is 54.9 Å². The van der Waals surface area contributed by atoms with Crippen LogP contribution in [0.2, 0.25) is 0 Å². The van der Waals surface area contributed by atoms with E-state index in [1.165, 1.54) is 0 Å². The molecule has 0 radical (unpaired) electrons. The Morgan fingerprint density at radius 3 is 2.63 bits per heavy atom. The van der Waals surface area contributed by atoms with Gasteiger partial charge in [-0.15, -0.1) is 0 Å². The van der Waals surface area contributed by atoms with Crippen molar-refractivity contribution in [3.8, 4) is 5.75 Å². The third-order valence-corrected chi connectivity index (χ3v) is 5.87. The molecule has 7 nitrogen and oxygen atoms in total. The van der Waals surface area contributed by atoms with Gasteiger partial charge in [0.2, 0.25) is 0 Å². The van der Waals surface area contributed by atoms with Crippen LogP contribution in [-0.2, 0) is 0 Å². The Morgan fingerprint density at radius 1 is 1.07 bits per heavy atom. The Balaban J connectivity index is 1.34. The molecule has 30 heavy (non-hydrogen) atoms. The average molecular weight is 403 g/mol. The molecular formula is C23H25N5O2.